The highest BCUT2D eigenvalue weighted by molar-refractivity contribution is 5.80. The second-order valence-electron chi connectivity index (χ2n) is 5.47. The Kier molecular flexibility index (Phi) is 3.00. The second kappa shape index (κ2) is 5.13. The summed E-state index contributed by atoms with van der Waals surface area (Å²) in [5, 5.41) is 0. The third kappa shape index (κ3) is 2.23. The van der Waals surface area contributed by atoms with Crippen LogP contribution in [-0.4, -0.2) is 9.97 Å². The molecule has 2 heterocycles. The maximum absolute atomic E-state index is 4.63. The summed E-state index contributed by atoms with van der Waals surface area (Å²) < 4.78 is 0. The molecule has 1 aliphatic rings. The Balaban J connectivity index is 1.86. The van der Waals surface area contributed by atoms with E-state index in [1.165, 1.54) is 36.0 Å². The molecule has 2 aromatic heterocycles. The zero-order valence-electron chi connectivity index (χ0n) is 11.8. The maximum atomic E-state index is 4.63. The number of aromatic nitrogens is 2. The van der Waals surface area contributed by atoms with Crippen LogP contribution in [-0.2, 0) is 12.8 Å². The van der Waals surface area contributed by atoms with E-state index in [4.69, 9.17) is 0 Å². The Labute approximate surface area is 124 Å². The standard InChI is InChI=1S/C19H16N2/c1-3-14-6-7-17(13-16(14)4-1)19-18(5-2-10-21-19)15-8-11-20-12-9-15/h2,5-13H,1,3-4H2. The quantitative estimate of drug-likeness (QED) is 0.695. The zero-order chi connectivity index (χ0) is 14.1. The SMILES string of the molecule is c1cnc(-c2ccc3c(c2)CCC3)c(-c2ccncc2)c1. The van der Waals surface area contributed by atoms with Crippen molar-refractivity contribution in [2.75, 3.05) is 0 Å². The molecule has 102 valence electrons. The van der Waals surface area contributed by atoms with Gasteiger partial charge < -0.3 is 0 Å². The summed E-state index contributed by atoms with van der Waals surface area (Å²) >= 11 is 0. The first-order chi connectivity index (χ1) is 10.4. The molecule has 1 aliphatic carbocycles. The summed E-state index contributed by atoms with van der Waals surface area (Å²) in [7, 11) is 0. The lowest BCUT2D eigenvalue weighted by Gasteiger charge is -2.10. The van der Waals surface area contributed by atoms with Gasteiger partial charge in [-0.05, 0) is 60.2 Å². The summed E-state index contributed by atoms with van der Waals surface area (Å²) in [6, 6.07) is 15.0. The van der Waals surface area contributed by atoms with Crippen molar-refractivity contribution in [2.45, 2.75) is 19.3 Å². The van der Waals surface area contributed by atoms with Crippen molar-refractivity contribution in [3.63, 3.8) is 0 Å². The van der Waals surface area contributed by atoms with Gasteiger partial charge >= 0.3 is 0 Å². The summed E-state index contributed by atoms with van der Waals surface area (Å²) in [5.41, 5.74) is 7.58. The predicted molar refractivity (Wildman–Crippen MR) is 84.9 cm³/mol. The first kappa shape index (κ1) is 12.3. The van der Waals surface area contributed by atoms with Gasteiger partial charge in [0.2, 0.25) is 0 Å². The van der Waals surface area contributed by atoms with Crippen LogP contribution in [0.3, 0.4) is 0 Å². The molecular weight excluding hydrogens is 256 g/mol. The maximum Gasteiger partial charge on any atom is 0.0780 e. The molecule has 0 bridgehead atoms. The largest absolute Gasteiger partial charge is 0.265 e. The number of aryl methyl sites for hydroxylation is 2. The molecule has 0 N–H and O–H groups in total. The minimum absolute atomic E-state index is 1.05. The van der Waals surface area contributed by atoms with Crippen LogP contribution in [0.25, 0.3) is 22.4 Å². The fourth-order valence-electron chi connectivity index (χ4n) is 3.12. The van der Waals surface area contributed by atoms with Crippen LogP contribution in [0.5, 0.6) is 0 Å². The van der Waals surface area contributed by atoms with Gasteiger partial charge in [-0.2, -0.15) is 0 Å². The molecule has 0 saturated carbocycles. The Hall–Kier alpha value is -2.48. The Bertz CT molecular complexity index is 779. The molecular formula is C19H16N2. The molecule has 0 radical (unpaired) electrons. The van der Waals surface area contributed by atoms with Gasteiger partial charge in [0.1, 0.15) is 0 Å². The molecule has 3 aromatic rings. The fraction of sp³-hybridized carbons (Fsp3) is 0.158. The number of fused-ring (bicyclic) bond motifs is 1. The molecule has 2 heteroatoms. The van der Waals surface area contributed by atoms with Crippen LogP contribution in [0, 0.1) is 0 Å². The van der Waals surface area contributed by atoms with Crippen LogP contribution in [0.2, 0.25) is 0 Å². The number of pyridine rings is 2. The van der Waals surface area contributed by atoms with Crippen molar-refractivity contribution >= 4 is 0 Å². The normalized spacial score (nSPS) is 13.1. The second-order valence-corrected chi connectivity index (χ2v) is 5.47. The summed E-state index contributed by atoms with van der Waals surface area (Å²) in [6.07, 6.45) is 9.21. The summed E-state index contributed by atoms with van der Waals surface area (Å²) in [4.78, 5) is 8.73. The predicted octanol–water partition coefficient (Wildman–Crippen LogP) is 4.30. The zero-order valence-corrected chi connectivity index (χ0v) is 11.8. The van der Waals surface area contributed by atoms with Gasteiger partial charge in [-0.1, -0.05) is 18.2 Å². The van der Waals surface area contributed by atoms with Crippen molar-refractivity contribution in [2.24, 2.45) is 0 Å². The van der Waals surface area contributed by atoms with E-state index in [0.717, 1.165) is 16.8 Å². The Morgan fingerprint density at radius 1 is 0.762 bits per heavy atom. The van der Waals surface area contributed by atoms with E-state index in [-0.39, 0.29) is 0 Å². The Morgan fingerprint density at radius 3 is 2.52 bits per heavy atom. The lowest BCUT2D eigenvalue weighted by Crippen LogP contribution is -1.91. The first-order valence-electron chi connectivity index (χ1n) is 7.39. The fourth-order valence-corrected chi connectivity index (χ4v) is 3.12. The highest BCUT2D eigenvalue weighted by Gasteiger charge is 2.14. The molecule has 0 spiro atoms. The van der Waals surface area contributed by atoms with Gasteiger partial charge in [-0.15, -0.1) is 0 Å². The highest BCUT2D eigenvalue weighted by atomic mass is 14.7. The van der Waals surface area contributed by atoms with Gasteiger partial charge in [-0.25, -0.2) is 0 Å². The first-order valence-corrected chi connectivity index (χ1v) is 7.39. The number of hydrogen-bond acceptors (Lipinski definition) is 2. The van der Waals surface area contributed by atoms with E-state index in [9.17, 15) is 0 Å². The van der Waals surface area contributed by atoms with Crippen molar-refractivity contribution < 1.29 is 0 Å². The van der Waals surface area contributed by atoms with E-state index in [1.807, 2.05) is 36.8 Å². The van der Waals surface area contributed by atoms with Crippen LogP contribution < -0.4 is 0 Å². The van der Waals surface area contributed by atoms with Gasteiger partial charge in [0.25, 0.3) is 0 Å². The molecule has 0 fully saturated rings. The van der Waals surface area contributed by atoms with Crippen molar-refractivity contribution in [1.29, 1.82) is 0 Å². The number of hydrogen-bond donors (Lipinski definition) is 0. The van der Waals surface area contributed by atoms with Crippen molar-refractivity contribution in [3.05, 3.63) is 72.2 Å². The molecule has 0 amide bonds. The van der Waals surface area contributed by atoms with Gasteiger partial charge in [0.05, 0.1) is 5.69 Å². The topological polar surface area (TPSA) is 25.8 Å². The third-order valence-electron chi connectivity index (χ3n) is 4.17. The van der Waals surface area contributed by atoms with E-state index >= 15 is 0 Å². The van der Waals surface area contributed by atoms with Crippen molar-refractivity contribution in [1.82, 2.24) is 9.97 Å². The lowest BCUT2D eigenvalue weighted by atomic mass is 9.98. The number of nitrogens with zero attached hydrogens (tertiary/aromatic N) is 2. The van der Waals surface area contributed by atoms with Crippen LogP contribution in [0.1, 0.15) is 17.5 Å². The molecule has 0 atom stereocenters. The Morgan fingerprint density at radius 2 is 1.62 bits per heavy atom. The van der Waals surface area contributed by atoms with Gasteiger partial charge in [0, 0.05) is 29.7 Å². The summed E-state index contributed by atoms with van der Waals surface area (Å²) in [5.74, 6) is 0. The van der Waals surface area contributed by atoms with E-state index in [0.29, 0.717) is 0 Å². The van der Waals surface area contributed by atoms with E-state index < -0.39 is 0 Å². The molecule has 21 heavy (non-hydrogen) atoms. The molecule has 1 aromatic carbocycles. The van der Waals surface area contributed by atoms with E-state index in [2.05, 4.69) is 34.2 Å². The molecule has 0 saturated heterocycles. The minimum atomic E-state index is 1.05. The molecule has 0 aliphatic heterocycles. The monoisotopic (exact) mass is 272 g/mol. The molecule has 2 nitrogen and oxygen atoms in total. The van der Waals surface area contributed by atoms with Crippen LogP contribution >= 0.6 is 0 Å². The number of benzene rings is 1. The smallest absolute Gasteiger partial charge is 0.0780 e. The minimum Gasteiger partial charge on any atom is -0.265 e. The molecule has 4 rings (SSSR count). The highest BCUT2D eigenvalue weighted by Crippen LogP contribution is 2.32. The number of rotatable bonds is 2. The lowest BCUT2D eigenvalue weighted by molar-refractivity contribution is 0.912. The van der Waals surface area contributed by atoms with E-state index in [1.54, 1.807) is 0 Å². The summed E-state index contributed by atoms with van der Waals surface area (Å²) in [6.45, 7) is 0. The van der Waals surface area contributed by atoms with Crippen molar-refractivity contribution in [3.8, 4) is 22.4 Å². The molecule has 0 unspecified atom stereocenters. The average Bonchev–Trinajstić information content (AvgIpc) is 3.03. The average molecular weight is 272 g/mol. The van der Waals surface area contributed by atoms with Crippen LogP contribution in [0.4, 0.5) is 0 Å². The third-order valence-corrected chi connectivity index (χ3v) is 4.17. The van der Waals surface area contributed by atoms with Crippen LogP contribution in [0.15, 0.2) is 61.1 Å². The van der Waals surface area contributed by atoms with Gasteiger partial charge in [-0.3, -0.25) is 9.97 Å². The van der Waals surface area contributed by atoms with Gasteiger partial charge in [0.15, 0.2) is 0 Å².